The number of hydrogen-bond donors (Lipinski definition) is 2. The maximum Gasteiger partial charge on any atom is 0.271 e. The van der Waals surface area contributed by atoms with Crippen molar-refractivity contribution in [3.63, 3.8) is 0 Å². The maximum atomic E-state index is 12.2. The Morgan fingerprint density at radius 1 is 1.38 bits per heavy atom. The van der Waals surface area contributed by atoms with Gasteiger partial charge in [-0.3, -0.25) is 14.2 Å². The number of aromatic nitrogens is 2. The molecule has 0 spiro atoms. The van der Waals surface area contributed by atoms with E-state index in [-0.39, 0.29) is 18.0 Å². The molecule has 2 heterocycles. The standard InChI is InChI=1S/C14H12N4O2S/c15-9-2-1-3-10(6-9)17-12(19)7-18-8-16-11-4-5-21-13(11)14(18)20/h1-6,8H,7,15H2,(H,17,19). The van der Waals surface area contributed by atoms with Gasteiger partial charge in [-0.25, -0.2) is 4.98 Å². The van der Waals surface area contributed by atoms with Crippen LogP contribution in [0, 0.1) is 0 Å². The second-order valence-electron chi connectivity index (χ2n) is 4.49. The third-order valence-corrected chi connectivity index (χ3v) is 3.81. The number of nitrogen functional groups attached to an aromatic ring is 1. The minimum Gasteiger partial charge on any atom is -0.399 e. The van der Waals surface area contributed by atoms with Crippen LogP contribution >= 0.6 is 11.3 Å². The van der Waals surface area contributed by atoms with Crippen LogP contribution in [0.2, 0.25) is 0 Å². The minimum atomic E-state index is -0.305. The zero-order chi connectivity index (χ0) is 14.8. The lowest BCUT2D eigenvalue weighted by molar-refractivity contribution is -0.116. The van der Waals surface area contributed by atoms with Crippen LogP contribution in [-0.2, 0) is 11.3 Å². The molecule has 2 aromatic heterocycles. The van der Waals surface area contributed by atoms with Crippen molar-refractivity contribution >= 4 is 38.8 Å². The van der Waals surface area contributed by atoms with Crippen LogP contribution in [0.5, 0.6) is 0 Å². The van der Waals surface area contributed by atoms with Crippen molar-refractivity contribution in [2.45, 2.75) is 6.54 Å². The molecule has 0 atom stereocenters. The Kier molecular flexibility index (Phi) is 3.41. The van der Waals surface area contributed by atoms with Crippen molar-refractivity contribution in [2.24, 2.45) is 0 Å². The van der Waals surface area contributed by atoms with Gasteiger partial charge in [-0.05, 0) is 29.6 Å². The first-order valence-corrected chi connectivity index (χ1v) is 7.09. The number of anilines is 2. The molecule has 3 rings (SSSR count). The van der Waals surface area contributed by atoms with E-state index in [4.69, 9.17) is 5.73 Å². The van der Waals surface area contributed by atoms with Crippen molar-refractivity contribution in [1.29, 1.82) is 0 Å². The van der Waals surface area contributed by atoms with Crippen LogP contribution in [0.15, 0.2) is 46.8 Å². The summed E-state index contributed by atoms with van der Waals surface area (Å²) in [6.45, 7) is -0.0888. The van der Waals surface area contributed by atoms with Crippen LogP contribution in [-0.4, -0.2) is 15.5 Å². The molecule has 6 nitrogen and oxygen atoms in total. The molecule has 7 heteroatoms. The van der Waals surface area contributed by atoms with Gasteiger partial charge in [-0.15, -0.1) is 11.3 Å². The molecular formula is C14H12N4O2S. The number of benzene rings is 1. The summed E-state index contributed by atoms with van der Waals surface area (Å²) in [5.41, 5.74) is 7.24. The summed E-state index contributed by atoms with van der Waals surface area (Å²) in [5.74, 6) is -0.305. The fraction of sp³-hybridized carbons (Fsp3) is 0.0714. The Labute approximate surface area is 123 Å². The Bertz CT molecular complexity index is 869. The van der Waals surface area contributed by atoms with Gasteiger partial charge >= 0.3 is 0 Å². The fourth-order valence-corrected chi connectivity index (χ4v) is 2.76. The average Bonchev–Trinajstić information content (AvgIpc) is 2.91. The summed E-state index contributed by atoms with van der Waals surface area (Å²) in [4.78, 5) is 28.3. The fourth-order valence-electron chi connectivity index (χ4n) is 1.96. The molecule has 3 N–H and O–H groups in total. The van der Waals surface area contributed by atoms with Crippen LogP contribution < -0.4 is 16.6 Å². The Morgan fingerprint density at radius 3 is 3.05 bits per heavy atom. The molecule has 0 fully saturated rings. The number of carbonyl (C=O) groups excluding carboxylic acids is 1. The summed E-state index contributed by atoms with van der Waals surface area (Å²) in [7, 11) is 0. The first kappa shape index (κ1) is 13.3. The van der Waals surface area contributed by atoms with E-state index in [1.165, 1.54) is 22.2 Å². The van der Waals surface area contributed by atoms with Crippen molar-refractivity contribution in [1.82, 2.24) is 9.55 Å². The number of thiophene rings is 1. The highest BCUT2D eigenvalue weighted by atomic mass is 32.1. The molecule has 1 amide bonds. The largest absolute Gasteiger partial charge is 0.399 e. The number of carbonyl (C=O) groups is 1. The van der Waals surface area contributed by atoms with E-state index in [0.717, 1.165) is 0 Å². The highest BCUT2D eigenvalue weighted by molar-refractivity contribution is 7.17. The second kappa shape index (κ2) is 5.37. The highest BCUT2D eigenvalue weighted by Gasteiger charge is 2.09. The molecule has 21 heavy (non-hydrogen) atoms. The smallest absolute Gasteiger partial charge is 0.271 e. The van der Waals surface area contributed by atoms with Gasteiger partial charge in [0.2, 0.25) is 5.91 Å². The van der Waals surface area contributed by atoms with E-state index in [9.17, 15) is 9.59 Å². The summed E-state index contributed by atoms with van der Waals surface area (Å²) >= 11 is 1.32. The number of nitrogens with zero attached hydrogens (tertiary/aromatic N) is 2. The van der Waals surface area contributed by atoms with E-state index in [1.54, 1.807) is 35.7 Å². The molecule has 0 saturated heterocycles. The van der Waals surface area contributed by atoms with Gasteiger partial charge in [0.05, 0.1) is 11.8 Å². The number of nitrogens with one attached hydrogen (secondary N) is 1. The van der Waals surface area contributed by atoms with Gasteiger partial charge in [0.25, 0.3) is 5.56 Å². The third-order valence-electron chi connectivity index (χ3n) is 2.92. The van der Waals surface area contributed by atoms with Gasteiger partial charge in [-0.1, -0.05) is 6.07 Å². The van der Waals surface area contributed by atoms with Gasteiger partial charge in [-0.2, -0.15) is 0 Å². The summed E-state index contributed by atoms with van der Waals surface area (Å²) in [6, 6.07) is 8.64. The molecule has 106 valence electrons. The third kappa shape index (κ3) is 2.77. The lowest BCUT2D eigenvalue weighted by Crippen LogP contribution is -2.27. The number of hydrogen-bond acceptors (Lipinski definition) is 5. The Morgan fingerprint density at radius 2 is 2.24 bits per heavy atom. The first-order valence-electron chi connectivity index (χ1n) is 6.21. The van der Waals surface area contributed by atoms with Gasteiger partial charge in [0, 0.05) is 11.4 Å². The second-order valence-corrected chi connectivity index (χ2v) is 5.40. The molecule has 0 unspecified atom stereocenters. The van der Waals surface area contributed by atoms with E-state index >= 15 is 0 Å². The van der Waals surface area contributed by atoms with Gasteiger partial charge in [0.1, 0.15) is 11.2 Å². The number of amides is 1. The van der Waals surface area contributed by atoms with E-state index in [2.05, 4.69) is 10.3 Å². The van der Waals surface area contributed by atoms with Crippen LogP contribution in [0.25, 0.3) is 10.2 Å². The summed E-state index contributed by atoms with van der Waals surface area (Å²) in [5, 5.41) is 4.50. The molecule has 0 radical (unpaired) electrons. The molecule has 0 saturated carbocycles. The topological polar surface area (TPSA) is 90.0 Å². The van der Waals surface area contributed by atoms with Crippen molar-refractivity contribution in [2.75, 3.05) is 11.1 Å². The lowest BCUT2D eigenvalue weighted by atomic mass is 10.3. The number of fused-ring (bicyclic) bond motifs is 1. The van der Waals surface area contributed by atoms with Gasteiger partial charge < -0.3 is 11.1 Å². The quantitative estimate of drug-likeness (QED) is 0.720. The Balaban J connectivity index is 1.80. The molecule has 0 aliphatic rings. The molecule has 1 aromatic carbocycles. The highest BCUT2D eigenvalue weighted by Crippen LogP contribution is 2.14. The van der Waals surface area contributed by atoms with Crippen LogP contribution in [0.1, 0.15) is 0 Å². The first-order chi connectivity index (χ1) is 10.1. The maximum absolute atomic E-state index is 12.2. The molecule has 3 aromatic rings. The lowest BCUT2D eigenvalue weighted by Gasteiger charge is -2.07. The zero-order valence-electron chi connectivity index (χ0n) is 10.9. The van der Waals surface area contributed by atoms with Crippen molar-refractivity contribution in [3.05, 3.63) is 52.4 Å². The SMILES string of the molecule is Nc1cccc(NC(=O)Cn2cnc3ccsc3c2=O)c1. The average molecular weight is 300 g/mol. The predicted octanol–water partition coefficient (Wildman–Crippen LogP) is 1.68. The minimum absolute atomic E-state index is 0.0888. The van der Waals surface area contributed by atoms with Gasteiger partial charge in [0.15, 0.2) is 0 Å². The van der Waals surface area contributed by atoms with Crippen molar-refractivity contribution in [3.8, 4) is 0 Å². The molecule has 0 aliphatic heterocycles. The Hall–Kier alpha value is -2.67. The van der Waals surface area contributed by atoms with Crippen LogP contribution in [0.3, 0.4) is 0 Å². The zero-order valence-corrected chi connectivity index (χ0v) is 11.8. The summed E-state index contributed by atoms with van der Waals surface area (Å²) in [6.07, 6.45) is 1.39. The normalized spacial score (nSPS) is 10.7. The molecule has 0 bridgehead atoms. The van der Waals surface area contributed by atoms with E-state index in [0.29, 0.717) is 21.6 Å². The predicted molar refractivity (Wildman–Crippen MR) is 83.4 cm³/mol. The molecular weight excluding hydrogens is 288 g/mol. The van der Waals surface area contributed by atoms with E-state index in [1.807, 2.05) is 0 Å². The van der Waals surface area contributed by atoms with E-state index < -0.39 is 0 Å². The van der Waals surface area contributed by atoms with Crippen molar-refractivity contribution < 1.29 is 4.79 Å². The monoisotopic (exact) mass is 300 g/mol. The number of nitrogens with two attached hydrogens (primary N) is 1. The molecule has 0 aliphatic carbocycles. The van der Waals surface area contributed by atoms with Crippen LogP contribution in [0.4, 0.5) is 11.4 Å². The number of rotatable bonds is 3. The summed E-state index contributed by atoms with van der Waals surface area (Å²) < 4.78 is 1.84.